The number of halogens is 7. The number of thioether (sulfide) groups is 2. The van der Waals surface area contributed by atoms with Crippen LogP contribution in [0.5, 0.6) is 0 Å². The maximum absolute atomic E-state index is 14.0. The van der Waals surface area contributed by atoms with Crippen molar-refractivity contribution in [2.45, 2.75) is 24.2 Å². The zero-order valence-electron chi connectivity index (χ0n) is 12.8. The Morgan fingerprint density at radius 3 is 2.44 bits per heavy atom. The molecule has 0 spiro atoms. The Labute approximate surface area is 147 Å². The van der Waals surface area contributed by atoms with Gasteiger partial charge in [0.1, 0.15) is 18.0 Å². The summed E-state index contributed by atoms with van der Waals surface area (Å²) >= 11 is 1.53. The van der Waals surface area contributed by atoms with Gasteiger partial charge in [-0.1, -0.05) is 11.8 Å². The van der Waals surface area contributed by atoms with E-state index in [1.807, 2.05) is 0 Å². The molecule has 0 N–H and O–H groups in total. The summed E-state index contributed by atoms with van der Waals surface area (Å²) in [5.74, 6) is -1.57. The van der Waals surface area contributed by atoms with Crippen molar-refractivity contribution in [2.24, 2.45) is 4.99 Å². The van der Waals surface area contributed by atoms with E-state index in [1.54, 1.807) is 0 Å². The van der Waals surface area contributed by atoms with Gasteiger partial charge in [0.05, 0.1) is 5.75 Å². The van der Waals surface area contributed by atoms with E-state index in [1.165, 1.54) is 6.92 Å². The van der Waals surface area contributed by atoms with Crippen LogP contribution in [-0.2, 0) is 0 Å². The van der Waals surface area contributed by atoms with Gasteiger partial charge in [-0.05, 0) is 24.6 Å². The third-order valence-electron chi connectivity index (χ3n) is 3.08. The lowest BCUT2D eigenvalue weighted by molar-refractivity contribution is -0.136. The third-order valence-corrected chi connectivity index (χ3v) is 5.30. The van der Waals surface area contributed by atoms with Gasteiger partial charge in [-0.25, -0.2) is 9.38 Å². The highest BCUT2D eigenvalue weighted by Crippen LogP contribution is 2.35. The van der Waals surface area contributed by atoms with Crippen LogP contribution in [0.15, 0.2) is 22.0 Å². The number of nitrogens with zero attached hydrogens (tertiary/aromatic N) is 2. The summed E-state index contributed by atoms with van der Waals surface area (Å²) in [6.45, 7) is 0.368. The summed E-state index contributed by atoms with van der Waals surface area (Å²) in [4.78, 5) is 5.07. The molecule has 0 unspecified atom stereocenters. The van der Waals surface area contributed by atoms with E-state index in [0.29, 0.717) is 23.1 Å². The molecular weight excluding hydrogens is 393 g/mol. The normalized spacial score (nSPS) is 17.6. The highest BCUT2D eigenvalue weighted by molar-refractivity contribution is 8.14. The fourth-order valence-corrected chi connectivity index (χ4v) is 3.84. The molecule has 0 bridgehead atoms. The molecule has 1 aromatic rings. The lowest BCUT2D eigenvalue weighted by atomic mass is 10.2. The molecule has 0 atom stereocenters. The molecule has 1 aliphatic heterocycles. The monoisotopic (exact) mass is 406 g/mol. The Morgan fingerprint density at radius 2 is 1.84 bits per heavy atom. The van der Waals surface area contributed by atoms with E-state index >= 15 is 0 Å². The number of benzene rings is 1. The maximum Gasteiger partial charge on any atom is 0.405 e. The summed E-state index contributed by atoms with van der Waals surface area (Å²) < 4.78 is 88.7. The minimum absolute atomic E-state index is 0.00634. The molecule has 2 nitrogen and oxygen atoms in total. The summed E-state index contributed by atoms with van der Waals surface area (Å²) in [5, 5.41) is 0.00634. The summed E-state index contributed by atoms with van der Waals surface area (Å²) in [6.07, 6.45) is -8.81. The SMILES string of the molecule is Cc1cc(F)c(/N=C2\SCCN2CC(F)(F)F)cc1SCC(F)(F)F. The van der Waals surface area contributed by atoms with Crippen molar-refractivity contribution >= 4 is 34.4 Å². The van der Waals surface area contributed by atoms with Gasteiger partial charge in [0.15, 0.2) is 5.17 Å². The van der Waals surface area contributed by atoms with Gasteiger partial charge < -0.3 is 4.90 Å². The van der Waals surface area contributed by atoms with Crippen molar-refractivity contribution in [2.75, 3.05) is 24.6 Å². The van der Waals surface area contributed by atoms with Gasteiger partial charge in [0, 0.05) is 17.2 Å². The highest BCUT2D eigenvalue weighted by Gasteiger charge is 2.34. The van der Waals surface area contributed by atoms with Crippen molar-refractivity contribution in [3.05, 3.63) is 23.5 Å². The van der Waals surface area contributed by atoms with Crippen molar-refractivity contribution in [3.63, 3.8) is 0 Å². The molecule has 0 aromatic heterocycles. The highest BCUT2D eigenvalue weighted by atomic mass is 32.2. The van der Waals surface area contributed by atoms with E-state index in [2.05, 4.69) is 4.99 Å². The van der Waals surface area contributed by atoms with E-state index < -0.39 is 30.5 Å². The largest absolute Gasteiger partial charge is 0.405 e. The van der Waals surface area contributed by atoms with Crippen molar-refractivity contribution in [1.29, 1.82) is 0 Å². The van der Waals surface area contributed by atoms with Gasteiger partial charge in [0.25, 0.3) is 0 Å². The second-order valence-electron chi connectivity index (χ2n) is 5.25. The number of aryl methyl sites for hydroxylation is 1. The molecule has 0 radical (unpaired) electrons. The van der Waals surface area contributed by atoms with Crippen LogP contribution in [-0.4, -0.2) is 47.0 Å². The topological polar surface area (TPSA) is 15.6 Å². The molecule has 0 amide bonds. The van der Waals surface area contributed by atoms with Crippen LogP contribution in [0.1, 0.15) is 5.56 Å². The Kier molecular flexibility index (Phi) is 6.18. The molecule has 11 heteroatoms. The van der Waals surface area contributed by atoms with Crippen LogP contribution in [0.4, 0.5) is 36.4 Å². The van der Waals surface area contributed by atoms with Crippen molar-refractivity contribution in [1.82, 2.24) is 4.90 Å². The molecular formula is C14H13F7N2S2. The van der Waals surface area contributed by atoms with Crippen LogP contribution >= 0.6 is 23.5 Å². The molecule has 25 heavy (non-hydrogen) atoms. The van der Waals surface area contributed by atoms with Gasteiger partial charge >= 0.3 is 12.4 Å². The van der Waals surface area contributed by atoms with Gasteiger partial charge in [-0.3, -0.25) is 0 Å². The zero-order valence-corrected chi connectivity index (χ0v) is 14.5. The molecule has 1 saturated heterocycles. The average molecular weight is 406 g/mol. The quantitative estimate of drug-likeness (QED) is 0.493. The van der Waals surface area contributed by atoms with Crippen LogP contribution in [0.25, 0.3) is 0 Å². The number of aliphatic imine (C=N–C) groups is 1. The predicted octanol–water partition coefficient (Wildman–Crippen LogP) is 5.39. The number of amidine groups is 1. The number of rotatable bonds is 4. The second-order valence-corrected chi connectivity index (χ2v) is 7.33. The van der Waals surface area contributed by atoms with Crippen molar-refractivity contribution in [3.8, 4) is 0 Å². The molecule has 0 saturated carbocycles. The lowest BCUT2D eigenvalue weighted by Gasteiger charge is -2.19. The molecule has 1 aromatic carbocycles. The minimum atomic E-state index is -4.43. The Bertz CT molecular complexity index is 656. The summed E-state index contributed by atoms with van der Waals surface area (Å²) in [6, 6.07) is 2.17. The Balaban J connectivity index is 2.26. The minimum Gasteiger partial charge on any atom is -0.341 e. The first-order chi connectivity index (χ1) is 11.4. The van der Waals surface area contributed by atoms with Gasteiger partial charge in [-0.15, -0.1) is 11.8 Å². The van der Waals surface area contributed by atoms with E-state index in [-0.39, 0.29) is 22.3 Å². The zero-order chi connectivity index (χ0) is 18.8. The van der Waals surface area contributed by atoms with Gasteiger partial charge in [-0.2, -0.15) is 26.3 Å². The predicted molar refractivity (Wildman–Crippen MR) is 85.1 cm³/mol. The van der Waals surface area contributed by atoms with Gasteiger partial charge in [0.2, 0.25) is 0 Å². The van der Waals surface area contributed by atoms with Crippen LogP contribution in [0.2, 0.25) is 0 Å². The first-order valence-corrected chi connectivity index (χ1v) is 8.94. The lowest BCUT2D eigenvalue weighted by Crippen LogP contribution is -2.34. The van der Waals surface area contributed by atoms with Crippen LogP contribution in [0, 0.1) is 12.7 Å². The van der Waals surface area contributed by atoms with Crippen LogP contribution in [0.3, 0.4) is 0 Å². The standard InChI is InChI=1S/C14H13F7N2S2/c1-8-4-9(15)10(5-11(8)25-7-14(19,20)21)22-12-23(2-3-24-12)6-13(16,17)18/h4-5H,2-3,6-7H2,1H3/b22-12-. The summed E-state index contributed by atoms with van der Waals surface area (Å²) in [5.41, 5.74) is 0.0359. The first kappa shape index (κ1) is 20.2. The van der Waals surface area contributed by atoms with Crippen LogP contribution < -0.4 is 0 Å². The van der Waals surface area contributed by atoms with Crippen molar-refractivity contribution < 1.29 is 30.7 Å². The fraction of sp³-hybridized carbons (Fsp3) is 0.500. The number of hydrogen-bond donors (Lipinski definition) is 0. The number of alkyl halides is 6. The second kappa shape index (κ2) is 7.65. The van der Waals surface area contributed by atoms with E-state index in [4.69, 9.17) is 0 Å². The summed E-state index contributed by atoms with van der Waals surface area (Å²) in [7, 11) is 0. The molecule has 1 aliphatic rings. The molecule has 1 fully saturated rings. The smallest absolute Gasteiger partial charge is 0.341 e. The van der Waals surface area contributed by atoms with E-state index in [0.717, 1.165) is 28.8 Å². The molecule has 0 aliphatic carbocycles. The molecule has 2 rings (SSSR count). The third kappa shape index (κ3) is 6.28. The fourth-order valence-electron chi connectivity index (χ4n) is 2.05. The maximum atomic E-state index is 14.0. The number of hydrogen-bond acceptors (Lipinski definition) is 3. The first-order valence-electron chi connectivity index (χ1n) is 6.97. The Morgan fingerprint density at radius 1 is 1.16 bits per heavy atom. The average Bonchev–Trinajstić information content (AvgIpc) is 2.84. The van der Waals surface area contributed by atoms with E-state index in [9.17, 15) is 30.7 Å². The molecule has 1 heterocycles. The molecule has 140 valence electrons. The Hall–Kier alpha value is -1.10.